The number of aryl methyl sites for hydroxylation is 1. The van der Waals surface area contributed by atoms with Gasteiger partial charge in [-0.15, -0.1) is 11.3 Å². The molecule has 3 atom stereocenters. The minimum Gasteiger partial charge on any atom is -0.485 e. The number of benzene rings is 1. The van der Waals surface area contributed by atoms with Crippen LogP contribution in [0.1, 0.15) is 35.5 Å². The summed E-state index contributed by atoms with van der Waals surface area (Å²) in [5, 5.41) is 22.7. The zero-order chi connectivity index (χ0) is 20.5. The highest BCUT2D eigenvalue weighted by Crippen LogP contribution is 2.41. The highest BCUT2D eigenvalue weighted by molar-refractivity contribution is 7.19. The van der Waals surface area contributed by atoms with E-state index in [9.17, 15) is 14.8 Å². The normalized spacial score (nSPS) is 20.0. The third kappa shape index (κ3) is 3.69. The fourth-order valence-corrected chi connectivity index (χ4v) is 4.68. The summed E-state index contributed by atoms with van der Waals surface area (Å²) in [4.78, 5) is 9.60. The molecule has 0 spiro atoms. The van der Waals surface area contributed by atoms with Crippen molar-refractivity contribution in [3.05, 3.63) is 40.5 Å². The standard InChI is InChI=1S/C21H21FN4O2S/c1-3-16(27)18-6-15-21(29-18)19(26-10-25-15)13-5-12(7-23)4-11(2)20(13)28-17-9-24-8-14(17)22/h4-6,10,14,16-17,24,27H,3,8-9H2,1-2H3/t14-,16?,17+/m0/s1. The number of hydrogen-bond acceptors (Lipinski definition) is 7. The second kappa shape index (κ2) is 8.03. The Bertz CT molecular complexity index is 1090. The molecule has 1 saturated heterocycles. The van der Waals surface area contributed by atoms with Gasteiger partial charge < -0.3 is 15.2 Å². The zero-order valence-electron chi connectivity index (χ0n) is 16.1. The second-order valence-electron chi connectivity index (χ2n) is 7.12. The van der Waals surface area contributed by atoms with Crippen molar-refractivity contribution in [3.8, 4) is 23.1 Å². The van der Waals surface area contributed by atoms with E-state index in [4.69, 9.17) is 4.74 Å². The van der Waals surface area contributed by atoms with E-state index in [1.807, 2.05) is 19.9 Å². The summed E-state index contributed by atoms with van der Waals surface area (Å²) in [5.41, 5.74) is 3.19. The third-order valence-corrected chi connectivity index (χ3v) is 6.29. The molecule has 0 aliphatic carbocycles. The Morgan fingerprint density at radius 2 is 2.21 bits per heavy atom. The number of alkyl halides is 1. The Labute approximate surface area is 172 Å². The van der Waals surface area contributed by atoms with Crippen molar-refractivity contribution in [2.24, 2.45) is 0 Å². The molecule has 0 bridgehead atoms. The van der Waals surface area contributed by atoms with Gasteiger partial charge in [-0.3, -0.25) is 0 Å². The number of fused-ring (bicyclic) bond motifs is 1. The van der Waals surface area contributed by atoms with Crippen LogP contribution >= 0.6 is 11.3 Å². The largest absolute Gasteiger partial charge is 0.485 e. The maximum atomic E-state index is 14.2. The molecule has 3 aromatic rings. The van der Waals surface area contributed by atoms with Crippen LogP contribution in [0.15, 0.2) is 24.5 Å². The number of aromatic nitrogens is 2. The number of thiophene rings is 1. The van der Waals surface area contributed by atoms with Gasteiger partial charge in [-0.25, -0.2) is 14.4 Å². The Hall–Kier alpha value is -2.60. The minimum atomic E-state index is -1.10. The molecule has 1 fully saturated rings. The van der Waals surface area contributed by atoms with Crippen molar-refractivity contribution in [3.63, 3.8) is 0 Å². The van der Waals surface area contributed by atoms with E-state index in [0.717, 1.165) is 20.7 Å². The van der Waals surface area contributed by atoms with E-state index in [0.29, 0.717) is 35.5 Å². The molecule has 0 amide bonds. The topological polar surface area (TPSA) is 91.1 Å². The molecule has 0 radical (unpaired) electrons. The number of hydrogen-bond donors (Lipinski definition) is 2. The Morgan fingerprint density at radius 1 is 1.38 bits per heavy atom. The number of aliphatic hydroxyl groups excluding tert-OH is 1. The number of nitrogens with one attached hydrogen (secondary N) is 1. The lowest BCUT2D eigenvalue weighted by Gasteiger charge is -2.20. The van der Waals surface area contributed by atoms with E-state index in [2.05, 4.69) is 21.4 Å². The summed E-state index contributed by atoms with van der Waals surface area (Å²) in [7, 11) is 0. The number of halogens is 1. The van der Waals surface area contributed by atoms with E-state index in [1.165, 1.54) is 17.7 Å². The molecule has 1 aliphatic heterocycles. The molecular formula is C21H21FN4O2S. The van der Waals surface area contributed by atoms with Crippen LogP contribution in [0, 0.1) is 18.3 Å². The summed E-state index contributed by atoms with van der Waals surface area (Å²) >= 11 is 1.42. The van der Waals surface area contributed by atoms with Crippen molar-refractivity contribution in [2.45, 2.75) is 38.6 Å². The fraction of sp³-hybridized carbons (Fsp3) is 0.381. The van der Waals surface area contributed by atoms with Crippen molar-refractivity contribution < 1.29 is 14.2 Å². The van der Waals surface area contributed by atoms with Gasteiger partial charge in [0.2, 0.25) is 0 Å². The number of nitriles is 1. The Kier molecular flexibility index (Phi) is 5.46. The quantitative estimate of drug-likeness (QED) is 0.664. The molecular weight excluding hydrogens is 391 g/mol. The van der Waals surface area contributed by atoms with Gasteiger partial charge in [0.1, 0.15) is 18.2 Å². The van der Waals surface area contributed by atoms with E-state index in [1.54, 1.807) is 12.1 Å². The highest BCUT2D eigenvalue weighted by Gasteiger charge is 2.30. The number of nitrogens with zero attached hydrogens (tertiary/aromatic N) is 3. The molecule has 1 unspecified atom stereocenters. The van der Waals surface area contributed by atoms with Gasteiger partial charge in [0.15, 0.2) is 6.17 Å². The van der Waals surface area contributed by atoms with Gasteiger partial charge >= 0.3 is 0 Å². The van der Waals surface area contributed by atoms with Crippen LogP contribution < -0.4 is 10.1 Å². The van der Waals surface area contributed by atoms with Crippen LogP contribution in [-0.2, 0) is 0 Å². The first-order valence-electron chi connectivity index (χ1n) is 9.50. The number of aliphatic hydroxyl groups is 1. The Morgan fingerprint density at radius 3 is 2.90 bits per heavy atom. The summed E-state index contributed by atoms with van der Waals surface area (Å²) in [5.74, 6) is 0.520. The molecule has 6 nitrogen and oxygen atoms in total. The average Bonchev–Trinajstić information content (AvgIpc) is 3.34. The summed E-state index contributed by atoms with van der Waals surface area (Å²) in [6.45, 7) is 4.44. The first kappa shape index (κ1) is 19.7. The molecule has 8 heteroatoms. The van der Waals surface area contributed by atoms with E-state index < -0.39 is 18.4 Å². The van der Waals surface area contributed by atoms with Crippen molar-refractivity contribution >= 4 is 21.6 Å². The SMILES string of the molecule is CCC(O)c1cc2ncnc(-c3cc(C#N)cc(C)c3O[C@@H]3CNC[C@@H]3F)c2s1. The van der Waals surface area contributed by atoms with E-state index in [-0.39, 0.29) is 6.54 Å². The molecule has 29 heavy (non-hydrogen) atoms. The monoisotopic (exact) mass is 412 g/mol. The van der Waals surface area contributed by atoms with Crippen molar-refractivity contribution in [2.75, 3.05) is 13.1 Å². The summed E-state index contributed by atoms with van der Waals surface area (Å²) in [6.07, 6.45) is -0.212. The number of rotatable bonds is 5. The molecule has 3 heterocycles. The van der Waals surface area contributed by atoms with Crippen LogP contribution in [0.2, 0.25) is 0 Å². The van der Waals surface area contributed by atoms with Gasteiger partial charge in [0.05, 0.1) is 33.6 Å². The van der Waals surface area contributed by atoms with Crippen LogP contribution in [0.25, 0.3) is 21.5 Å². The zero-order valence-corrected chi connectivity index (χ0v) is 17.0. The summed E-state index contributed by atoms with van der Waals surface area (Å²) in [6, 6.07) is 7.47. The predicted octanol–water partition coefficient (Wildman–Crippen LogP) is 3.67. The first-order valence-corrected chi connectivity index (χ1v) is 10.3. The molecule has 2 N–H and O–H groups in total. The van der Waals surface area contributed by atoms with Crippen molar-refractivity contribution in [1.82, 2.24) is 15.3 Å². The number of ether oxygens (including phenoxy) is 1. The molecule has 1 aromatic carbocycles. The van der Waals surface area contributed by atoms with Gasteiger partial charge in [-0.1, -0.05) is 6.92 Å². The molecule has 1 aliphatic rings. The first-order chi connectivity index (χ1) is 14.0. The highest BCUT2D eigenvalue weighted by atomic mass is 32.1. The maximum absolute atomic E-state index is 14.2. The Balaban J connectivity index is 1.88. The van der Waals surface area contributed by atoms with Gasteiger partial charge in [0, 0.05) is 23.5 Å². The lowest BCUT2D eigenvalue weighted by atomic mass is 10.0. The second-order valence-corrected chi connectivity index (χ2v) is 8.21. The molecule has 4 rings (SSSR count). The molecule has 150 valence electrons. The molecule has 0 saturated carbocycles. The van der Waals surface area contributed by atoms with E-state index >= 15 is 0 Å². The third-order valence-electron chi connectivity index (χ3n) is 5.06. The smallest absolute Gasteiger partial charge is 0.150 e. The van der Waals surface area contributed by atoms with Crippen molar-refractivity contribution in [1.29, 1.82) is 5.26 Å². The van der Waals surface area contributed by atoms with Crippen LogP contribution in [-0.4, -0.2) is 40.4 Å². The fourth-order valence-electron chi connectivity index (χ4n) is 3.49. The van der Waals surface area contributed by atoms with Gasteiger partial charge in [-0.05, 0) is 37.1 Å². The van der Waals surface area contributed by atoms with Crippen LogP contribution in [0.5, 0.6) is 5.75 Å². The lowest BCUT2D eigenvalue weighted by molar-refractivity contribution is 0.140. The summed E-state index contributed by atoms with van der Waals surface area (Å²) < 4.78 is 21.1. The maximum Gasteiger partial charge on any atom is 0.150 e. The van der Waals surface area contributed by atoms with Crippen LogP contribution in [0.4, 0.5) is 4.39 Å². The molecule has 2 aromatic heterocycles. The van der Waals surface area contributed by atoms with Crippen LogP contribution in [0.3, 0.4) is 0 Å². The van der Waals surface area contributed by atoms with Gasteiger partial charge in [0.25, 0.3) is 0 Å². The predicted molar refractivity (Wildman–Crippen MR) is 110 cm³/mol. The average molecular weight is 412 g/mol. The minimum absolute atomic E-state index is 0.260. The lowest BCUT2D eigenvalue weighted by Crippen LogP contribution is -2.27. The van der Waals surface area contributed by atoms with Gasteiger partial charge in [-0.2, -0.15) is 5.26 Å².